The predicted molar refractivity (Wildman–Crippen MR) is 93.8 cm³/mol. The molecule has 0 saturated heterocycles. The predicted octanol–water partition coefficient (Wildman–Crippen LogP) is 3.41. The number of aryl methyl sites for hydroxylation is 1. The number of hydrogen-bond acceptors (Lipinski definition) is 1. The van der Waals surface area contributed by atoms with Crippen LogP contribution in [0.5, 0.6) is 0 Å². The second kappa shape index (κ2) is 7.56. The molecule has 2 aromatic carbocycles. The molecule has 0 heterocycles. The molecule has 0 aromatic heterocycles. The number of amides is 1. The molecule has 1 amide bonds. The molecule has 0 aliphatic carbocycles. The van der Waals surface area contributed by atoms with E-state index in [-0.39, 0.29) is 18.0 Å². The van der Waals surface area contributed by atoms with Crippen molar-refractivity contribution in [2.24, 2.45) is 0 Å². The summed E-state index contributed by atoms with van der Waals surface area (Å²) in [6, 6.07) is 16.0. The lowest BCUT2D eigenvalue weighted by molar-refractivity contribution is -0.709. The van der Waals surface area contributed by atoms with Crippen molar-refractivity contribution in [1.29, 1.82) is 0 Å². The Morgan fingerprint density at radius 3 is 2.55 bits per heavy atom. The molecule has 0 aliphatic heterocycles. The summed E-state index contributed by atoms with van der Waals surface area (Å²) in [6.45, 7) is 6.05. The molecule has 0 saturated carbocycles. The van der Waals surface area contributed by atoms with Crippen molar-refractivity contribution < 1.29 is 10.1 Å². The molecule has 22 heavy (non-hydrogen) atoms. The second-order valence-electron chi connectivity index (χ2n) is 5.65. The number of carbonyl (C=O) groups is 1. The van der Waals surface area contributed by atoms with Gasteiger partial charge in [0.25, 0.3) is 5.91 Å². The molecule has 0 radical (unpaired) electrons. The molecule has 116 valence electrons. The van der Waals surface area contributed by atoms with Crippen molar-refractivity contribution >= 4 is 27.5 Å². The smallest absolute Gasteiger partial charge is 0.282 e. The van der Waals surface area contributed by atoms with Crippen LogP contribution in [0.4, 0.5) is 5.69 Å². The highest BCUT2D eigenvalue weighted by Crippen LogP contribution is 2.20. The second-order valence-corrected chi connectivity index (χ2v) is 6.50. The Balaban J connectivity index is 1.98. The van der Waals surface area contributed by atoms with E-state index in [1.165, 1.54) is 5.56 Å². The van der Waals surface area contributed by atoms with E-state index in [0.717, 1.165) is 15.7 Å². The Morgan fingerprint density at radius 2 is 1.86 bits per heavy atom. The minimum atomic E-state index is -0.164. The zero-order valence-electron chi connectivity index (χ0n) is 13.1. The van der Waals surface area contributed by atoms with E-state index in [1.807, 2.05) is 56.3 Å². The maximum absolute atomic E-state index is 12.3. The standard InChI is InChI=1S/C18H21BrN2O/c1-12-7-6-8-15(11-12)21-18(22)14(3)20-13(2)16-9-4-5-10-17(16)19/h4-11,13-14,20H,1-3H3,(H,21,22)/p+1/t13-,14+/m0/s1. The highest BCUT2D eigenvalue weighted by atomic mass is 79.9. The largest absolute Gasteiger partial charge is 0.330 e. The van der Waals surface area contributed by atoms with Crippen molar-refractivity contribution in [1.82, 2.24) is 0 Å². The molecular formula is C18H22BrN2O+. The zero-order valence-corrected chi connectivity index (χ0v) is 14.7. The van der Waals surface area contributed by atoms with Crippen molar-refractivity contribution in [2.75, 3.05) is 5.32 Å². The van der Waals surface area contributed by atoms with Gasteiger partial charge in [-0.05, 0) is 44.5 Å². The van der Waals surface area contributed by atoms with Gasteiger partial charge >= 0.3 is 0 Å². The molecule has 0 fully saturated rings. The van der Waals surface area contributed by atoms with E-state index < -0.39 is 0 Å². The van der Waals surface area contributed by atoms with E-state index in [9.17, 15) is 4.79 Å². The van der Waals surface area contributed by atoms with Crippen LogP contribution in [0.25, 0.3) is 0 Å². The topological polar surface area (TPSA) is 45.7 Å². The lowest BCUT2D eigenvalue weighted by Crippen LogP contribution is -2.91. The Bertz CT molecular complexity index is 657. The Kier molecular flexibility index (Phi) is 5.75. The molecule has 2 rings (SSSR count). The maximum Gasteiger partial charge on any atom is 0.282 e. The highest BCUT2D eigenvalue weighted by molar-refractivity contribution is 9.10. The molecule has 0 unspecified atom stereocenters. The van der Waals surface area contributed by atoms with Crippen molar-refractivity contribution in [2.45, 2.75) is 32.9 Å². The molecule has 4 heteroatoms. The third-order valence-electron chi connectivity index (χ3n) is 3.67. The van der Waals surface area contributed by atoms with Crippen LogP contribution in [-0.2, 0) is 4.79 Å². The molecule has 2 aromatic rings. The molecule has 3 nitrogen and oxygen atoms in total. The summed E-state index contributed by atoms with van der Waals surface area (Å²) in [4.78, 5) is 12.3. The quantitative estimate of drug-likeness (QED) is 0.841. The number of nitrogens with one attached hydrogen (secondary N) is 1. The summed E-state index contributed by atoms with van der Waals surface area (Å²) in [5, 5.41) is 5.05. The van der Waals surface area contributed by atoms with E-state index in [1.54, 1.807) is 0 Å². The van der Waals surface area contributed by atoms with E-state index in [2.05, 4.69) is 39.6 Å². The number of anilines is 1. The normalized spacial score (nSPS) is 13.5. The van der Waals surface area contributed by atoms with Crippen LogP contribution in [0.3, 0.4) is 0 Å². The van der Waals surface area contributed by atoms with Crippen LogP contribution >= 0.6 is 15.9 Å². The monoisotopic (exact) mass is 361 g/mol. The summed E-state index contributed by atoms with van der Waals surface area (Å²) in [6.07, 6.45) is 0. The van der Waals surface area contributed by atoms with Crippen LogP contribution in [-0.4, -0.2) is 11.9 Å². The van der Waals surface area contributed by atoms with Crippen LogP contribution in [0, 0.1) is 6.92 Å². The van der Waals surface area contributed by atoms with Gasteiger partial charge in [-0.2, -0.15) is 0 Å². The Morgan fingerprint density at radius 1 is 1.14 bits per heavy atom. The van der Waals surface area contributed by atoms with Gasteiger partial charge < -0.3 is 10.6 Å². The van der Waals surface area contributed by atoms with Crippen molar-refractivity contribution in [3.05, 3.63) is 64.1 Å². The maximum atomic E-state index is 12.3. The number of quaternary nitrogens is 1. The molecule has 0 aliphatic rings. The average molecular weight is 362 g/mol. The zero-order chi connectivity index (χ0) is 16.1. The number of nitrogens with two attached hydrogens (primary N) is 1. The molecule has 2 atom stereocenters. The number of halogens is 1. The first-order valence-electron chi connectivity index (χ1n) is 7.44. The fourth-order valence-corrected chi connectivity index (χ4v) is 3.09. The molecular weight excluding hydrogens is 340 g/mol. The SMILES string of the molecule is Cc1cccc(NC(=O)[C@@H](C)[NH2+][C@@H](C)c2ccccc2Br)c1. The Labute approximate surface area is 140 Å². The van der Waals surface area contributed by atoms with Gasteiger partial charge in [0, 0.05) is 15.7 Å². The van der Waals surface area contributed by atoms with Crippen molar-refractivity contribution in [3.63, 3.8) is 0 Å². The van der Waals surface area contributed by atoms with Gasteiger partial charge in [0.2, 0.25) is 0 Å². The summed E-state index contributed by atoms with van der Waals surface area (Å²) >= 11 is 3.57. The van der Waals surface area contributed by atoms with Gasteiger partial charge in [-0.25, -0.2) is 0 Å². The number of rotatable bonds is 5. The highest BCUT2D eigenvalue weighted by Gasteiger charge is 2.21. The lowest BCUT2D eigenvalue weighted by atomic mass is 10.1. The molecule has 3 N–H and O–H groups in total. The van der Waals surface area contributed by atoms with E-state index >= 15 is 0 Å². The fourth-order valence-electron chi connectivity index (χ4n) is 2.45. The summed E-state index contributed by atoms with van der Waals surface area (Å²) in [7, 11) is 0. The summed E-state index contributed by atoms with van der Waals surface area (Å²) in [5.41, 5.74) is 3.17. The first-order valence-corrected chi connectivity index (χ1v) is 8.23. The molecule has 0 spiro atoms. The van der Waals surface area contributed by atoms with Crippen LogP contribution in [0.15, 0.2) is 53.0 Å². The molecule has 0 bridgehead atoms. The minimum absolute atomic E-state index is 0.0181. The van der Waals surface area contributed by atoms with Gasteiger partial charge in [0.15, 0.2) is 6.04 Å². The number of hydrogen-bond donors (Lipinski definition) is 2. The van der Waals surface area contributed by atoms with Crippen molar-refractivity contribution in [3.8, 4) is 0 Å². The minimum Gasteiger partial charge on any atom is -0.330 e. The third kappa shape index (κ3) is 4.42. The van der Waals surface area contributed by atoms with E-state index in [4.69, 9.17) is 0 Å². The summed E-state index contributed by atoms with van der Waals surface area (Å²) in [5.74, 6) is 0.0181. The number of carbonyl (C=O) groups excluding carboxylic acids is 1. The van der Waals surface area contributed by atoms with Gasteiger partial charge in [-0.3, -0.25) is 4.79 Å². The first-order chi connectivity index (χ1) is 10.5. The Hall–Kier alpha value is -1.65. The van der Waals surface area contributed by atoms with E-state index in [0.29, 0.717) is 0 Å². The van der Waals surface area contributed by atoms with Gasteiger partial charge in [0.05, 0.1) is 0 Å². The average Bonchev–Trinajstić information content (AvgIpc) is 2.47. The van der Waals surface area contributed by atoms with Gasteiger partial charge in [0.1, 0.15) is 6.04 Å². The van der Waals surface area contributed by atoms with Crippen LogP contribution in [0.2, 0.25) is 0 Å². The number of benzene rings is 2. The van der Waals surface area contributed by atoms with Gasteiger partial charge in [-0.1, -0.05) is 46.3 Å². The first kappa shape index (κ1) is 16.7. The van der Waals surface area contributed by atoms with Crippen LogP contribution in [0.1, 0.15) is 31.0 Å². The fraction of sp³-hybridized carbons (Fsp3) is 0.278. The summed E-state index contributed by atoms with van der Waals surface area (Å²) < 4.78 is 1.07. The van der Waals surface area contributed by atoms with Crippen LogP contribution < -0.4 is 10.6 Å². The third-order valence-corrected chi connectivity index (χ3v) is 4.39. The van der Waals surface area contributed by atoms with Gasteiger partial charge in [-0.15, -0.1) is 0 Å². The lowest BCUT2D eigenvalue weighted by Gasteiger charge is -2.18.